The van der Waals surface area contributed by atoms with E-state index < -0.39 is 11.4 Å². The number of carbonyl (C=O) groups excluding carboxylic acids is 1. The van der Waals surface area contributed by atoms with Crippen LogP contribution in [0.25, 0.3) is 0 Å². The molecule has 4 nitrogen and oxygen atoms in total. The Bertz CT molecular complexity index is 443. The van der Waals surface area contributed by atoms with Crippen LogP contribution in [-0.2, 0) is 15.1 Å². The van der Waals surface area contributed by atoms with Gasteiger partial charge in [-0.05, 0) is 24.3 Å². The number of carbonyl (C=O) groups is 1. The van der Waals surface area contributed by atoms with Gasteiger partial charge in [0.1, 0.15) is 5.54 Å². The molecule has 1 atom stereocenters. The van der Waals surface area contributed by atoms with E-state index in [2.05, 4.69) is 0 Å². The first-order valence-corrected chi connectivity index (χ1v) is 7.85. The molecular formula is C17H26N2O2. The highest BCUT2D eigenvalue weighted by molar-refractivity contribution is 5.85. The van der Waals surface area contributed by atoms with Crippen molar-refractivity contribution in [3.63, 3.8) is 0 Å². The molecule has 1 aromatic carbocycles. The van der Waals surface area contributed by atoms with Crippen molar-refractivity contribution in [3.05, 3.63) is 35.9 Å². The van der Waals surface area contributed by atoms with Gasteiger partial charge in [0, 0.05) is 19.6 Å². The lowest BCUT2D eigenvalue weighted by Gasteiger charge is -2.27. The molecule has 1 aliphatic carbocycles. The van der Waals surface area contributed by atoms with Gasteiger partial charge in [0.15, 0.2) is 0 Å². The van der Waals surface area contributed by atoms with Crippen LogP contribution in [0.2, 0.25) is 0 Å². The lowest BCUT2D eigenvalue weighted by atomic mass is 9.87. The minimum atomic E-state index is -1.15. The summed E-state index contributed by atoms with van der Waals surface area (Å²) < 4.78 is 5.75. The number of ether oxygens (including phenoxy) is 1. The molecule has 1 unspecified atom stereocenters. The van der Waals surface area contributed by atoms with Crippen LogP contribution < -0.4 is 11.5 Å². The van der Waals surface area contributed by atoms with Gasteiger partial charge in [-0.1, -0.05) is 49.6 Å². The van der Waals surface area contributed by atoms with E-state index in [0.29, 0.717) is 18.9 Å². The average Bonchev–Trinajstić information content (AvgIpc) is 2.53. The Labute approximate surface area is 126 Å². The first-order valence-electron chi connectivity index (χ1n) is 7.85. The standard InChI is InChI=1S/C17H26N2O2/c18-16(20)17(19,15-9-5-2-6-10-15)11-12-21-13-14-7-3-1-4-8-14/h2,5-6,9-10,14H,1,3-4,7-8,11-13,19H2,(H2,18,20). The first-order chi connectivity index (χ1) is 10.1. The number of hydrogen-bond donors (Lipinski definition) is 2. The Morgan fingerprint density at radius 2 is 1.86 bits per heavy atom. The van der Waals surface area contributed by atoms with E-state index in [4.69, 9.17) is 16.2 Å². The average molecular weight is 290 g/mol. The van der Waals surface area contributed by atoms with Gasteiger partial charge in [-0.2, -0.15) is 0 Å². The van der Waals surface area contributed by atoms with Gasteiger partial charge < -0.3 is 16.2 Å². The van der Waals surface area contributed by atoms with Crippen LogP contribution in [0.5, 0.6) is 0 Å². The number of nitrogens with two attached hydrogens (primary N) is 2. The van der Waals surface area contributed by atoms with Crippen LogP contribution in [-0.4, -0.2) is 19.1 Å². The Kier molecular flexibility index (Phi) is 5.76. The zero-order chi connectivity index (χ0) is 15.1. The minimum absolute atomic E-state index is 0.416. The first kappa shape index (κ1) is 16.0. The number of benzene rings is 1. The molecule has 21 heavy (non-hydrogen) atoms. The maximum atomic E-state index is 11.8. The summed E-state index contributed by atoms with van der Waals surface area (Å²) in [5.74, 6) is 0.159. The zero-order valence-electron chi connectivity index (χ0n) is 12.6. The smallest absolute Gasteiger partial charge is 0.242 e. The topological polar surface area (TPSA) is 78.3 Å². The summed E-state index contributed by atoms with van der Waals surface area (Å²) in [4.78, 5) is 11.8. The van der Waals surface area contributed by atoms with Crippen molar-refractivity contribution < 1.29 is 9.53 Å². The molecule has 1 fully saturated rings. The summed E-state index contributed by atoms with van der Waals surface area (Å²) in [7, 11) is 0. The Morgan fingerprint density at radius 1 is 1.19 bits per heavy atom. The molecule has 1 amide bonds. The van der Waals surface area contributed by atoms with Crippen molar-refractivity contribution in [2.45, 2.75) is 44.1 Å². The van der Waals surface area contributed by atoms with Crippen LogP contribution in [0, 0.1) is 5.92 Å². The monoisotopic (exact) mass is 290 g/mol. The van der Waals surface area contributed by atoms with Crippen LogP contribution in [0.4, 0.5) is 0 Å². The number of rotatable bonds is 7. The Morgan fingerprint density at radius 3 is 2.48 bits per heavy atom. The third kappa shape index (κ3) is 4.29. The van der Waals surface area contributed by atoms with E-state index >= 15 is 0 Å². The van der Waals surface area contributed by atoms with Crippen molar-refractivity contribution in [1.29, 1.82) is 0 Å². The summed E-state index contributed by atoms with van der Waals surface area (Å²) in [5, 5.41) is 0. The molecular weight excluding hydrogens is 264 g/mol. The fourth-order valence-electron chi connectivity index (χ4n) is 2.98. The zero-order valence-corrected chi connectivity index (χ0v) is 12.6. The summed E-state index contributed by atoms with van der Waals surface area (Å²) >= 11 is 0. The van der Waals surface area contributed by atoms with Gasteiger partial charge >= 0.3 is 0 Å². The molecule has 0 saturated heterocycles. The number of hydrogen-bond acceptors (Lipinski definition) is 3. The molecule has 1 aromatic rings. The fraction of sp³-hybridized carbons (Fsp3) is 0.588. The SMILES string of the molecule is NC(=O)C(N)(CCOCC1CCCCC1)c1ccccc1. The molecule has 0 aromatic heterocycles. The largest absolute Gasteiger partial charge is 0.381 e. The van der Waals surface area contributed by atoms with E-state index in [-0.39, 0.29) is 0 Å². The second kappa shape index (κ2) is 7.57. The van der Waals surface area contributed by atoms with E-state index in [0.717, 1.165) is 12.2 Å². The summed E-state index contributed by atoms with van der Waals surface area (Å²) in [6, 6.07) is 9.30. The summed E-state index contributed by atoms with van der Waals surface area (Å²) in [5.41, 5.74) is 11.3. The van der Waals surface area contributed by atoms with E-state index in [1.165, 1.54) is 32.1 Å². The molecule has 0 spiro atoms. The highest BCUT2D eigenvalue weighted by Crippen LogP contribution is 2.25. The second-order valence-electron chi connectivity index (χ2n) is 6.03. The molecule has 1 saturated carbocycles. The van der Waals surface area contributed by atoms with Gasteiger partial charge in [-0.15, -0.1) is 0 Å². The predicted molar refractivity (Wildman–Crippen MR) is 83.5 cm³/mol. The minimum Gasteiger partial charge on any atom is -0.381 e. The molecule has 2 rings (SSSR count). The summed E-state index contributed by atoms with van der Waals surface area (Å²) in [6.45, 7) is 1.23. The molecule has 4 N–H and O–H groups in total. The Balaban J connectivity index is 1.84. The molecule has 116 valence electrons. The maximum Gasteiger partial charge on any atom is 0.242 e. The number of primary amides is 1. The van der Waals surface area contributed by atoms with Crippen molar-refractivity contribution in [1.82, 2.24) is 0 Å². The van der Waals surface area contributed by atoms with Crippen LogP contribution in [0.1, 0.15) is 44.1 Å². The fourth-order valence-corrected chi connectivity index (χ4v) is 2.98. The van der Waals surface area contributed by atoms with Crippen molar-refractivity contribution in [3.8, 4) is 0 Å². The number of amides is 1. The molecule has 0 radical (unpaired) electrons. The third-order valence-corrected chi connectivity index (χ3v) is 4.45. The molecule has 0 heterocycles. The van der Waals surface area contributed by atoms with Crippen LogP contribution >= 0.6 is 0 Å². The maximum absolute atomic E-state index is 11.8. The molecule has 0 bridgehead atoms. The molecule has 1 aliphatic rings. The lowest BCUT2D eigenvalue weighted by Crippen LogP contribution is -2.49. The van der Waals surface area contributed by atoms with Crippen LogP contribution in [0.15, 0.2) is 30.3 Å². The van der Waals surface area contributed by atoms with Crippen molar-refractivity contribution in [2.75, 3.05) is 13.2 Å². The van der Waals surface area contributed by atoms with Gasteiger partial charge in [-0.3, -0.25) is 4.79 Å². The lowest BCUT2D eigenvalue weighted by molar-refractivity contribution is -0.124. The summed E-state index contributed by atoms with van der Waals surface area (Å²) in [6.07, 6.45) is 6.88. The molecule has 0 aliphatic heterocycles. The van der Waals surface area contributed by atoms with E-state index in [1.54, 1.807) is 0 Å². The van der Waals surface area contributed by atoms with Gasteiger partial charge in [0.2, 0.25) is 5.91 Å². The quantitative estimate of drug-likeness (QED) is 0.756. The van der Waals surface area contributed by atoms with Crippen molar-refractivity contribution in [2.24, 2.45) is 17.4 Å². The normalized spacial score (nSPS) is 19.1. The highest BCUT2D eigenvalue weighted by Gasteiger charge is 2.33. The van der Waals surface area contributed by atoms with Crippen LogP contribution in [0.3, 0.4) is 0 Å². The second-order valence-corrected chi connectivity index (χ2v) is 6.03. The van der Waals surface area contributed by atoms with Crippen molar-refractivity contribution >= 4 is 5.91 Å². The van der Waals surface area contributed by atoms with Gasteiger partial charge in [0.25, 0.3) is 0 Å². The van der Waals surface area contributed by atoms with E-state index in [9.17, 15) is 4.79 Å². The predicted octanol–water partition coefficient (Wildman–Crippen LogP) is 2.31. The van der Waals surface area contributed by atoms with E-state index in [1.807, 2.05) is 30.3 Å². The highest BCUT2D eigenvalue weighted by atomic mass is 16.5. The molecule has 4 heteroatoms. The van der Waals surface area contributed by atoms with Gasteiger partial charge in [0.05, 0.1) is 0 Å². The Hall–Kier alpha value is -1.39. The third-order valence-electron chi connectivity index (χ3n) is 4.45. The van der Waals surface area contributed by atoms with Gasteiger partial charge in [-0.25, -0.2) is 0 Å².